The quantitative estimate of drug-likeness (QED) is 0.875. The van der Waals surface area contributed by atoms with Crippen molar-refractivity contribution in [2.75, 3.05) is 11.4 Å². The summed E-state index contributed by atoms with van der Waals surface area (Å²) in [5.41, 5.74) is 1.06. The second kappa shape index (κ2) is 4.33. The van der Waals surface area contributed by atoms with Crippen molar-refractivity contribution in [1.29, 1.82) is 0 Å². The van der Waals surface area contributed by atoms with Crippen LogP contribution >= 0.6 is 0 Å². The zero-order valence-electron chi connectivity index (χ0n) is 10.6. The summed E-state index contributed by atoms with van der Waals surface area (Å²) in [5.74, 6) is -0.681. The highest BCUT2D eigenvalue weighted by atomic mass is 19.1. The van der Waals surface area contributed by atoms with Gasteiger partial charge in [-0.25, -0.2) is 4.39 Å². The summed E-state index contributed by atoms with van der Waals surface area (Å²) in [6.07, 6.45) is 1.89. The van der Waals surface area contributed by atoms with Gasteiger partial charge in [-0.2, -0.15) is 0 Å². The molecule has 1 saturated carbocycles. The van der Waals surface area contributed by atoms with Crippen LogP contribution in [0.4, 0.5) is 10.1 Å². The minimum Gasteiger partial charge on any atom is -0.342 e. The van der Waals surface area contributed by atoms with Crippen LogP contribution < -0.4 is 10.2 Å². The molecule has 1 saturated heterocycles. The third-order valence-electron chi connectivity index (χ3n) is 3.64. The maximum atomic E-state index is 13.9. The Labute approximate surface area is 110 Å². The number of halogens is 1. The van der Waals surface area contributed by atoms with Gasteiger partial charge in [-0.15, -0.1) is 0 Å². The first-order valence-electron chi connectivity index (χ1n) is 6.43. The van der Waals surface area contributed by atoms with Crippen LogP contribution in [0.1, 0.15) is 18.4 Å². The molecule has 4 nitrogen and oxygen atoms in total. The monoisotopic (exact) mass is 262 g/mol. The highest BCUT2D eigenvalue weighted by molar-refractivity contribution is 6.07. The van der Waals surface area contributed by atoms with Gasteiger partial charge in [0.05, 0.1) is 5.69 Å². The van der Waals surface area contributed by atoms with Crippen LogP contribution in [0.25, 0.3) is 0 Å². The van der Waals surface area contributed by atoms with E-state index in [2.05, 4.69) is 5.32 Å². The van der Waals surface area contributed by atoms with E-state index in [-0.39, 0.29) is 30.0 Å². The first-order chi connectivity index (χ1) is 9.06. The summed E-state index contributed by atoms with van der Waals surface area (Å²) in [7, 11) is 0. The fraction of sp³-hybridized carbons (Fsp3) is 0.429. The molecule has 1 N–H and O–H groups in total. The predicted octanol–water partition coefficient (Wildman–Crippen LogP) is 1.38. The van der Waals surface area contributed by atoms with Gasteiger partial charge in [0.15, 0.2) is 0 Å². The fourth-order valence-corrected chi connectivity index (χ4v) is 2.45. The van der Waals surface area contributed by atoms with Crippen molar-refractivity contribution in [2.24, 2.45) is 5.92 Å². The van der Waals surface area contributed by atoms with Crippen molar-refractivity contribution in [2.45, 2.75) is 25.8 Å². The second-order valence-corrected chi connectivity index (χ2v) is 5.26. The van der Waals surface area contributed by atoms with Crippen molar-refractivity contribution in [1.82, 2.24) is 5.32 Å². The van der Waals surface area contributed by atoms with E-state index >= 15 is 0 Å². The zero-order chi connectivity index (χ0) is 13.6. The molecule has 1 atom stereocenters. The van der Waals surface area contributed by atoms with Gasteiger partial charge in [-0.05, 0) is 43.4 Å². The Kier molecular flexibility index (Phi) is 2.77. The number of aryl methyl sites for hydroxylation is 1. The minimum absolute atomic E-state index is 0.109. The number of carbonyl (C=O) groups is 2. The number of hydrogen-bond acceptors (Lipinski definition) is 2. The largest absolute Gasteiger partial charge is 0.342 e. The average Bonchev–Trinajstić information content (AvgIpc) is 3.19. The molecule has 1 aromatic carbocycles. The standard InChI is InChI=1S/C14H15FN2O2/c1-8-2-5-10(15)11(6-8)17-7-12(18)16-13(14(17)19)9-3-4-9/h2,5-6,9,13H,3-4,7H2,1H3,(H,16,18). The molecule has 19 heavy (non-hydrogen) atoms. The second-order valence-electron chi connectivity index (χ2n) is 5.26. The van der Waals surface area contributed by atoms with E-state index in [1.807, 2.05) is 6.92 Å². The van der Waals surface area contributed by atoms with E-state index in [9.17, 15) is 14.0 Å². The Bertz CT molecular complexity index is 554. The maximum absolute atomic E-state index is 13.9. The number of hydrogen-bond donors (Lipinski definition) is 1. The van der Waals surface area contributed by atoms with E-state index in [0.717, 1.165) is 18.4 Å². The predicted molar refractivity (Wildman–Crippen MR) is 68.1 cm³/mol. The van der Waals surface area contributed by atoms with Crippen molar-refractivity contribution in [3.05, 3.63) is 29.6 Å². The van der Waals surface area contributed by atoms with Crippen LogP contribution in [-0.4, -0.2) is 24.4 Å². The summed E-state index contributed by atoms with van der Waals surface area (Å²) >= 11 is 0. The summed E-state index contributed by atoms with van der Waals surface area (Å²) in [5, 5.41) is 2.71. The molecule has 1 aromatic rings. The molecule has 1 unspecified atom stereocenters. The number of rotatable bonds is 2. The summed E-state index contributed by atoms with van der Waals surface area (Å²) in [6, 6.07) is 4.10. The Morgan fingerprint density at radius 1 is 1.32 bits per heavy atom. The molecule has 1 heterocycles. The minimum atomic E-state index is -0.485. The maximum Gasteiger partial charge on any atom is 0.250 e. The zero-order valence-corrected chi connectivity index (χ0v) is 10.6. The summed E-state index contributed by atoms with van der Waals surface area (Å²) in [6.45, 7) is 1.72. The van der Waals surface area contributed by atoms with Crippen molar-refractivity contribution < 1.29 is 14.0 Å². The molecule has 3 rings (SSSR count). The average molecular weight is 262 g/mol. The molecular weight excluding hydrogens is 247 g/mol. The number of nitrogens with zero attached hydrogens (tertiary/aromatic N) is 1. The van der Waals surface area contributed by atoms with E-state index in [0.29, 0.717) is 0 Å². The van der Waals surface area contributed by atoms with Crippen LogP contribution in [0, 0.1) is 18.7 Å². The van der Waals surface area contributed by atoms with Gasteiger partial charge < -0.3 is 5.32 Å². The Morgan fingerprint density at radius 3 is 2.74 bits per heavy atom. The van der Waals surface area contributed by atoms with Gasteiger partial charge in [-0.3, -0.25) is 14.5 Å². The van der Waals surface area contributed by atoms with E-state index < -0.39 is 11.9 Å². The molecule has 2 aliphatic rings. The van der Waals surface area contributed by atoms with Gasteiger partial charge in [-0.1, -0.05) is 6.07 Å². The third-order valence-corrected chi connectivity index (χ3v) is 3.64. The third kappa shape index (κ3) is 2.20. The number of piperazine rings is 1. The molecule has 1 aliphatic heterocycles. The molecule has 1 aliphatic carbocycles. The molecule has 2 amide bonds. The van der Waals surface area contributed by atoms with Crippen LogP contribution in [0.5, 0.6) is 0 Å². The van der Waals surface area contributed by atoms with Crippen molar-refractivity contribution in [3.8, 4) is 0 Å². The van der Waals surface area contributed by atoms with E-state index in [4.69, 9.17) is 0 Å². The summed E-state index contributed by atoms with van der Waals surface area (Å²) < 4.78 is 13.9. The number of amides is 2. The lowest BCUT2D eigenvalue weighted by molar-refractivity contribution is -0.131. The molecule has 0 spiro atoms. The van der Waals surface area contributed by atoms with Gasteiger partial charge in [0.1, 0.15) is 18.4 Å². The number of anilines is 1. The lowest BCUT2D eigenvalue weighted by atomic mass is 10.1. The van der Waals surface area contributed by atoms with Gasteiger partial charge in [0, 0.05) is 0 Å². The molecule has 5 heteroatoms. The Morgan fingerprint density at radius 2 is 2.05 bits per heavy atom. The van der Waals surface area contributed by atoms with Gasteiger partial charge in [0.25, 0.3) is 0 Å². The summed E-state index contributed by atoms with van der Waals surface area (Å²) in [4.78, 5) is 25.3. The number of nitrogens with one attached hydrogen (secondary N) is 1. The van der Waals surface area contributed by atoms with Crippen LogP contribution in [0.2, 0.25) is 0 Å². The molecule has 0 aromatic heterocycles. The molecule has 0 bridgehead atoms. The Hall–Kier alpha value is -1.91. The molecule has 0 radical (unpaired) electrons. The fourth-order valence-electron chi connectivity index (χ4n) is 2.45. The highest BCUT2D eigenvalue weighted by Crippen LogP contribution is 2.35. The first-order valence-corrected chi connectivity index (χ1v) is 6.43. The number of benzene rings is 1. The molecule has 2 fully saturated rings. The smallest absolute Gasteiger partial charge is 0.250 e. The number of carbonyl (C=O) groups excluding carboxylic acids is 2. The lowest BCUT2D eigenvalue weighted by Gasteiger charge is -2.33. The first kappa shape index (κ1) is 12.1. The topological polar surface area (TPSA) is 49.4 Å². The SMILES string of the molecule is Cc1ccc(F)c(N2CC(=O)NC(C3CC3)C2=O)c1. The van der Waals surface area contributed by atoms with Crippen LogP contribution in [-0.2, 0) is 9.59 Å². The Balaban J connectivity index is 1.95. The normalized spacial score (nSPS) is 23.5. The van der Waals surface area contributed by atoms with E-state index in [1.54, 1.807) is 12.1 Å². The van der Waals surface area contributed by atoms with Gasteiger partial charge in [0.2, 0.25) is 11.8 Å². The van der Waals surface area contributed by atoms with Gasteiger partial charge >= 0.3 is 0 Å². The lowest BCUT2D eigenvalue weighted by Crippen LogP contribution is -2.59. The van der Waals surface area contributed by atoms with E-state index in [1.165, 1.54) is 11.0 Å². The molecular formula is C14H15FN2O2. The van der Waals surface area contributed by atoms with Crippen LogP contribution in [0.15, 0.2) is 18.2 Å². The molecule has 100 valence electrons. The highest BCUT2D eigenvalue weighted by Gasteiger charge is 2.43. The van der Waals surface area contributed by atoms with Crippen molar-refractivity contribution >= 4 is 17.5 Å². The van der Waals surface area contributed by atoms with Crippen molar-refractivity contribution in [3.63, 3.8) is 0 Å². The van der Waals surface area contributed by atoms with Crippen LogP contribution in [0.3, 0.4) is 0 Å².